The van der Waals surface area contributed by atoms with Crippen molar-refractivity contribution in [3.05, 3.63) is 35.9 Å². The van der Waals surface area contributed by atoms with Gasteiger partial charge in [0.05, 0.1) is 12.7 Å². The number of ketones is 1. The molecule has 0 aliphatic carbocycles. The van der Waals surface area contributed by atoms with Crippen molar-refractivity contribution in [1.29, 1.82) is 0 Å². The van der Waals surface area contributed by atoms with Crippen molar-refractivity contribution in [2.24, 2.45) is 0 Å². The van der Waals surface area contributed by atoms with Crippen LogP contribution in [0, 0.1) is 6.07 Å². The molecule has 0 bridgehead atoms. The first-order chi connectivity index (χ1) is 6.70. The van der Waals surface area contributed by atoms with Crippen LogP contribution in [0.15, 0.2) is 24.3 Å². The van der Waals surface area contributed by atoms with Crippen molar-refractivity contribution in [3.8, 4) is 0 Å². The Kier molecular flexibility index (Phi) is 4.33. The Morgan fingerprint density at radius 3 is 2.86 bits per heavy atom. The predicted octanol–water partition coefficient (Wildman–Crippen LogP) is 2.48. The molecule has 75 valence electrons. The molecule has 0 N–H and O–H groups in total. The van der Waals surface area contributed by atoms with Gasteiger partial charge in [0.1, 0.15) is 0 Å². The summed E-state index contributed by atoms with van der Waals surface area (Å²) < 4.78 is 5.30. The van der Waals surface area contributed by atoms with Crippen molar-refractivity contribution in [2.75, 3.05) is 6.61 Å². The van der Waals surface area contributed by atoms with Gasteiger partial charge in [0.25, 0.3) is 0 Å². The van der Waals surface area contributed by atoms with E-state index in [9.17, 15) is 4.79 Å². The van der Waals surface area contributed by atoms with Gasteiger partial charge in [-0.2, -0.15) is 0 Å². The summed E-state index contributed by atoms with van der Waals surface area (Å²) in [5.74, 6) is 0.0891. The zero-order valence-corrected chi connectivity index (χ0v) is 8.62. The van der Waals surface area contributed by atoms with Crippen LogP contribution in [0.25, 0.3) is 0 Å². The van der Waals surface area contributed by atoms with Gasteiger partial charge < -0.3 is 4.74 Å². The molecule has 0 aliphatic rings. The van der Waals surface area contributed by atoms with Gasteiger partial charge in [-0.25, -0.2) is 0 Å². The second kappa shape index (κ2) is 5.55. The number of carbonyl (C=O) groups is 1. The second-order valence-corrected chi connectivity index (χ2v) is 3.37. The van der Waals surface area contributed by atoms with E-state index in [-0.39, 0.29) is 11.9 Å². The lowest BCUT2D eigenvalue weighted by molar-refractivity contribution is 0.0678. The van der Waals surface area contributed by atoms with Crippen LogP contribution < -0.4 is 0 Å². The molecule has 0 saturated heterocycles. The zero-order valence-electron chi connectivity index (χ0n) is 8.62. The number of hydrogen-bond donors (Lipinski definition) is 0. The largest absolute Gasteiger partial charge is 0.378 e. The summed E-state index contributed by atoms with van der Waals surface area (Å²) in [6.07, 6.45) is 0.612. The van der Waals surface area contributed by atoms with Crippen LogP contribution in [-0.4, -0.2) is 18.5 Å². The molecule has 0 atom stereocenters. The number of ether oxygens (including phenoxy) is 1. The van der Waals surface area contributed by atoms with Gasteiger partial charge >= 0.3 is 0 Å². The van der Waals surface area contributed by atoms with Crippen LogP contribution >= 0.6 is 0 Å². The van der Waals surface area contributed by atoms with E-state index in [1.807, 2.05) is 26.0 Å². The molecule has 0 fully saturated rings. The average Bonchev–Trinajstić information content (AvgIpc) is 2.18. The lowest BCUT2D eigenvalue weighted by Crippen LogP contribution is -2.09. The van der Waals surface area contributed by atoms with Crippen LogP contribution in [0.3, 0.4) is 0 Å². The average molecular weight is 191 g/mol. The molecule has 0 heterocycles. The first-order valence-electron chi connectivity index (χ1n) is 4.81. The lowest BCUT2D eigenvalue weighted by atomic mass is 10.1. The highest BCUT2D eigenvalue weighted by molar-refractivity contribution is 5.95. The number of benzene rings is 1. The van der Waals surface area contributed by atoms with E-state index in [1.54, 1.807) is 12.1 Å². The molecular weight excluding hydrogens is 176 g/mol. The normalized spacial score (nSPS) is 10.5. The molecule has 2 nitrogen and oxygen atoms in total. The first-order valence-corrected chi connectivity index (χ1v) is 4.81. The van der Waals surface area contributed by atoms with Crippen molar-refractivity contribution < 1.29 is 9.53 Å². The molecule has 1 rings (SSSR count). The molecule has 0 aliphatic heterocycles. The van der Waals surface area contributed by atoms with Crippen molar-refractivity contribution in [1.82, 2.24) is 0 Å². The minimum absolute atomic E-state index is 0.0891. The van der Waals surface area contributed by atoms with Crippen LogP contribution in [0.5, 0.6) is 0 Å². The summed E-state index contributed by atoms with van der Waals surface area (Å²) in [5.41, 5.74) is 0.639. The van der Waals surface area contributed by atoms with Gasteiger partial charge in [0.15, 0.2) is 5.78 Å². The smallest absolute Gasteiger partial charge is 0.165 e. The summed E-state index contributed by atoms with van der Waals surface area (Å²) in [7, 11) is 0. The Bertz CT molecular complexity index is 278. The molecule has 0 spiro atoms. The maximum atomic E-state index is 11.5. The zero-order chi connectivity index (χ0) is 10.4. The molecule has 1 radical (unpaired) electrons. The van der Waals surface area contributed by atoms with Crippen molar-refractivity contribution >= 4 is 5.78 Å². The predicted molar refractivity (Wildman–Crippen MR) is 55.3 cm³/mol. The maximum absolute atomic E-state index is 11.5. The summed E-state index contributed by atoms with van der Waals surface area (Å²) in [5, 5.41) is 0. The highest BCUT2D eigenvalue weighted by Crippen LogP contribution is 2.02. The highest BCUT2D eigenvalue weighted by Gasteiger charge is 2.05. The van der Waals surface area contributed by atoms with Crippen LogP contribution in [0.1, 0.15) is 30.6 Å². The van der Waals surface area contributed by atoms with E-state index in [2.05, 4.69) is 6.07 Å². The third kappa shape index (κ3) is 3.71. The maximum Gasteiger partial charge on any atom is 0.165 e. The Hall–Kier alpha value is -1.15. The van der Waals surface area contributed by atoms with Crippen molar-refractivity contribution in [3.63, 3.8) is 0 Å². The van der Waals surface area contributed by atoms with Crippen LogP contribution in [0.2, 0.25) is 0 Å². The van der Waals surface area contributed by atoms with Gasteiger partial charge in [-0.15, -0.1) is 0 Å². The van der Waals surface area contributed by atoms with Gasteiger partial charge in [-0.05, 0) is 19.9 Å². The molecule has 0 saturated carbocycles. The summed E-state index contributed by atoms with van der Waals surface area (Å²) in [6, 6.07) is 10.1. The van der Waals surface area contributed by atoms with E-state index in [0.717, 1.165) is 0 Å². The minimum atomic E-state index is 0.0891. The third-order valence-electron chi connectivity index (χ3n) is 1.79. The van der Waals surface area contributed by atoms with E-state index < -0.39 is 0 Å². The van der Waals surface area contributed by atoms with E-state index in [0.29, 0.717) is 18.6 Å². The van der Waals surface area contributed by atoms with E-state index in [4.69, 9.17) is 4.74 Å². The number of carbonyl (C=O) groups excluding carboxylic acids is 1. The van der Waals surface area contributed by atoms with E-state index in [1.165, 1.54) is 0 Å². The Balaban J connectivity index is 2.36. The highest BCUT2D eigenvalue weighted by atomic mass is 16.5. The third-order valence-corrected chi connectivity index (χ3v) is 1.79. The molecule has 14 heavy (non-hydrogen) atoms. The van der Waals surface area contributed by atoms with Crippen LogP contribution in [0.4, 0.5) is 0 Å². The fourth-order valence-electron chi connectivity index (χ4n) is 1.09. The van der Waals surface area contributed by atoms with Crippen LogP contribution in [-0.2, 0) is 4.74 Å². The standard InChI is InChI=1S/C12H15O2/c1-10(2)14-9-8-12(13)11-6-4-3-5-7-11/h3-6,10H,8-9H2,1-2H3. The Morgan fingerprint density at radius 1 is 1.50 bits per heavy atom. The summed E-state index contributed by atoms with van der Waals surface area (Å²) in [6.45, 7) is 4.40. The number of Topliss-reactive ketones (excluding diaryl/α,β-unsaturated/α-hetero) is 1. The molecule has 0 aromatic heterocycles. The Morgan fingerprint density at radius 2 is 2.29 bits per heavy atom. The molecule has 1 aromatic carbocycles. The molecule has 0 amide bonds. The van der Waals surface area contributed by atoms with Gasteiger partial charge in [-0.3, -0.25) is 4.79 Å². The van der Waals surface area contributed by atoms with Gasteiger partial charge in [0, 0.05) is 12.0 Å². The second-order valence-electron chi connectivity index (χ2n) is 3.37. The molecule has 0 unspecified atom stereocenters. The summed E-state index contributed by atoms with van der Waals surface area (Å²) in [4.78, 5) is 11.5. The number of hydrogen-bond acceptors (Lipinski definition) is 2. The fraction of sp³-hybridized carbons (Fsp3) is 0.417. The monoisotopic (exact) mass is 191 g/mol. The summed E-state index contributed by atoms with van der Waals surface area (Å²) >= 11 is 0. The molecule has 2 heteroatoms. The Labute approximate surface area is 84.9 Å². The lowest BCUT2D eigenvalue weighted by Gasteiger charge is -2.06. The first kappa shape index (κ1) is 10.9. The fourth-order valence-corrected chi connectivity index (χ4v) is 1.09. The minimum Gasteiger partial charge on any atom is -0.378 e. The van der Waals surface area contributed by atoms with Crippen molar-refractivity contribution in [2.45, 2.75) is 26.4 Å². The molecule has 1 aromatic rings. The SMILES string of the molecule is CC(C)OCCC(=O)c1[c]cccc1. The van der Waals surface area contributed by atoms with E-state index >= 15 is 0 Å². The topological polar surface area (TPSA) is 26.3 Å². The molecular formula is C12H15O2. The number of rotatable bonds is 5. The van der Waals surface area contributed by atoms with Gasteiger partial charge in [-0.1, -0.05) is 24.3 Å². The quantitative estimate of drug-likeness (QED) is 0.668. The van der Waals surface area contributed by atoms with Gasteiger partial charge in [0.2, 0.25) is 0 Å².